The van der Waals surface area contributed by atoms with Crippen molar-refractivity contribution < 1.29 is 9.84 Å². The van der Waals surface area contributed by atoms with Gasteiger partial charge in [0.25, 0.3) is 0 Å². The van der Waals surface area contributed by atoms with Gasteiger partial charge >= 0.3 is 0 Å². The van der Waals surface area contributed by atoms with Crippen LogP contribution in [0.25, 0.3) is 21.3 Å². The highest BCUT2D eigenvalue weighted by Gasteiger charge is 2.21. The second kappa shape index (κ2) is 12.6. The molecule has 2 fully saturated rings. The lowest BCUT2D eigenvalue weighted by Gasteiger charge is -2.35. The quantitative estimate of drug-likeness (QED) is 0.280. The number of aromatic amines is 1. The Morgan fingerprint density at radius 3 is 2.62 bits per heavy atom. The van der Waals surface area contributed by atoms with Crippen molar-refractivity contribution in [2.24, 2.45) is 0 Å². The molecule has 3 heterocycles. The average Bonchev–Trinajstić information content (AvgIpc) is 3.64. The number of nitrogens with zero attached hydrogens (tertiary/aromatic N) is 4. The van der Waals surface area contributed by atoms with Crippen LogP contribution in [-0.4, -0.2) is 82.1 Å². The van der Waals surface area contributed by atoms with Crippen molar-refractivity contribution >= 4 is 21.6 Å². The maximum atomic E-state index is 10.7. The van der Waals surface area contributed by atoms with Crippen molar-refractivity contribution in [1.82, 2.24) is 25.0 Å². The summed E-state index contributed by atoms with van der Waals surface area (Å²) in [5.41, 5.74) is 4.61. The fourth-order valence-electron chi connectivity index (χ4n) is 5.92. The Morgan fingerprint density at radius 1 is 1.00 bits per heavy atom. The fourth-order valence-corrected chi connectivity index (χ4v) is 7.03. The number of rotatable bonds is 10. The first-order chi connectivity index (χ1) is 19.2. The Labute approximate surface area is 234 Å². The molecule has 0 radical (unpaired) electrons. The third-order valence-corrected chi connectivity index (χ3v) is 9.39. The molecule has 2 aromatic carbocycles. The minimum Gasteiger partial charge on any atom is -0.491 e. The van der Waals surface area contributed by atoms with Gasteiger partial charge in [-0.1, -0.05) is 49.6 Å². The van der Waals surface area contributed by atoms with Crippen molar-refractivity contribution in [3.05, 3.63) is 65.4 Å². The van der Waals surface area contributed by atoms with Crippen LogP contribution >= 0.6 is 11.3 Å². The summed E-state index contributed by atoms with van der Waals surface area (Å²) in [4.78, 5) is 9.78. The van der Waals surface area contributed by atoms with Crippen molar-refractivity contribution in [2.75, 3.05) is 45.9 Å². The zero-order chi connectivity index (χ0) is 26.4. The maximum absolute atomic E-state index is 10.7. The molecule has 6 rings (SSSR count). The number of benzene rings is 2. The smallest absolute Gasteiger partial charge is 0.121 e. The molecule has 7 nitrogen and oxygen atoms in total. The minimum atomic E-state index is -0.515. The van der Waals surface area contributed by atoms with Crippen molar-refractivity contribution in [2.45, 2.75) is 50.5 Å². The molecule has 206 valence electrons. The van der Waals surface area contributed by atoms with E-state index < -0.39 is 6.10 Å². The van der Waals surface area contributed by atoms with Gasteiger partial charge in [0.2, 0.25) is 0 Å². The lowest BCUT2D eigenvalue weighted by atomic mass is 9.90. The van der Waals surface area contributed by atoms with Gasteiger partial charge in [-0.05, 0) is 30.5 Å². The Balaban J connectivity index is 0.933. The highest BCUT2D eigenvalue weighted by Crippen LogP contribution is 2.37. The van der Waals surface area contributed by atoms with Gasteiger partial charge < -0.3 is 14.7 Å². The number of nitrogens with one attached hydrogen (secondary N) is 1. The molecule has 2 aromatic heterocycles. The second-order valence-electron chi connectivity index (χ2n) is 11.0. The Kier molecular flexibility index (Phi) is 8.54. The molecule has 8 heteroatoms. The normalized spacial score (nSPS) is 18.5. The van der Waals surface area contributed by atoms with Crippen LogP contribution < -0.4 is 4.74 Å². The first-order valence-corrected chi connectivity index (χ1v) is 15.3. The van der Waals surface area contributed by atoms with Crippen LogP contribution in [0.4, 0.5) is 0 Å². The molecule has 1 atom stereocenters. The van der Waals surface area contributed by atoms with E-state index in [4.69, 9.17) is 9.72 Å². The topological polar surface area (TPSA) is 77.5 Å². The molecular weight excluding hydrogens is 506 g/mol. The lowest BCUT2D eigenvalue weighted by molar-refractivity contribution is 0.0463. The Hall–Kier alpha value is -2.78. The van der Waals surface area contributed by atoms with Gasteiger partial charge in [-0.25, -0.2) is 4.98 Å². The summed E-state index contributed by atoms with van der Waals surface area (Å²) in [5.74, 6) is 1.42. The molecule has 1 saturated carbocycles. The number of β-amino-alcohol motifs (C(OH)–C–C–N with tert-alkyl or cyclic N) is 1. The SMILES string of the molecule is O[C@@H](COc1ccc2sc(C3CCCCC3)nc2c1)CN1CCN(CCc2[nH]ncc2-c2ccccc2)CC1. The number of H-pyrrole nitrogens is 1. The predicted octanol–water partition coefficient (Wildman–Crippen LogP) is 5.33. The minimum absolute atomic E-state index is 0.299. The summed E-state index contributed by atoms with van der Waals surface area (Å²) in [6.45, 7) is 5.87. The number of hydrogen-bond acceptors (Lipinski definition) is 7. The number of fused-ring (bicyclic) bond motifs is 1. The van der Waals surface area contributed by atoms with Gasteiger partial charge in [0.05, 0.1) is 21.4 Å². The van der Waals surface area contributed by atoms with Gasteiger partial charge in [-0.3, -0.25) is 10.00 Å². The van der Waals surface area contributed by atoms with E-state index in [0.717, 1.165) is 50.4 Å². The third-order valence-electron chi connectivity index (χ3n) is 8.19. The molecule has 0 amide bonds. The number of aromatic nitrogens is 3. The lowest BCUT2D eigenvalue weighted by Crippen LogP contribution is -2.49. The third kappa shape index (κ3) is 6.69. The number of thiazole rings is 1. The van der Waals surface area contributed by atoms with E-state index in [-0.39, 0.29) is 0 Å². The first-order valence-electron chi connectivity index (χ1n) is 14.4. The molecular formula is C31H39N5O2S. The zero-order valence-corrected chi connectivity index (χ0v) is 23.4. The van der Waals surface area contributed by atoms with E-state index in [2.05, 4.69) is 50.3 Å². The van der Waals surface area contributed by atoms with Crippen molar-refractivity contribution in [3.63, 3.8) is 0 Å². The molecule has 39 heavy (non-hydrogen) atoms. The van der Waals surface area contributed by atoms with Crippen LogP contribution in [0.1, 0.15) is 48.7 Å². The standard InChI is InChI=1S/C31H39N5O2S/c37-25(22-38-26-11-12-30-29(19-26)33-31(39-30)24-9-5-2-6-10-24)21-36-17-15-35(16-18-36)14-13-28-27(20-32-34-28)23-7-3-1-4-8-23/h1,3-4,7-8,11-12,19-20,24-25,37H,2,5-6,9-10,13-18,21-22H2,(H,32,34)/t25-/m1/s1. The van der Waals surface area contributed by atoms with E-state index in [1.165, 1.54) is 58.6 Å². The summed E-state index contributed by atoms with van der Waals surface area (Å²) >= 11 is 1.83. The summed E-state index contributed by atoms with van der Waals surface area (Å²) in [5, 5.41) is 19.4. The van der Waals surface area contributed by atoms with Crippen molar-refractivity contribution in [1.29, 1.82) is 0 Å². The van der Waals surface area contributed by atoms with E-state index in [0.29, 0.717) is 19.1 Å². The molecule has 1 saturated heterocycles. The Bertz CT molecular complexity index is 1330. The van der Waals surface area contributed by atoms with Crippen LogP contribution in [-0.2, 0) is 6.42 Å². The van der Waals surface area contributed by atoms with Gasteiger partial charge in [-0.15, -0.1) is 11.3 Å². The zero-order valence-electron chi connectivity index (χ0n) is 22.6. The van der Waals surface area contributed by atoms with Crippen LogP contribution in [0, 0.1) is 0 Å². The van der Waals surface area contributed by atoms with Gasteiger partial charge in [0.1, 0.15) is 18.5 Å². The van der Waals surface area contributed by atoms with Crippen LogP contribution in [0.5, 0.6) is 5.75 Å². The van der Waals surface area contributed by atoms with Gasteiger partial charge in [0, 0.05) is 68.9 Å². The van der Waals surface area contributed by atoms with Crippen LogP contribution in [0.3, 0.4) is 0 Å². The average molecular weight is 546 g/mol. The van der Waals surface area contributed by atoms with E-state index in [1.807, 2.05) is 35.7 Å². The molecule has 1 aliphatic heterocycles. The summed E-state index contributed by atoms with van der Waals surface area (Å²) in [6, 6.07) is 16.6. The van der Waals surface area contributed by atoms with Gasteiger partial charge in [-0.2, -0.15) is 5.10 Å². The number of ether oxygens (including phenoxy) is 1. The molecule has 0 bridgehead atoms. The second-order valence-corrected chi connectivity index (χ2v) is 12.1. The van der Waals surface area contributed by atoms with Crippen LogP contribution in [0.2, 0.25) is 0 Å². The van der Waals surface area contributed by atoms with Crippen molar-refractivity contribution in [3.8, 4) is 16.9 Å². The monoisotopic (exact) mass is 545 g/mol. The fraction of sp³-hybridized carbons (Fsp3) is 0.484. The highest BCUT2D eigenvalue weighted by atomic mass is 32.1. The van der Waals surface area contributed by atoms with Gasteiger partial charge in [0.15, 0.2) is 0 Å². The maximum Gasteiger partial charge on any atom is 0.121 e. The number of hydrogen-bond donors (Lipinski definition) is 2. The molecule has 1 aliphatic carbocycles. The van der Waals surface area contributed by atoms with E-state index in [9.17, 15) is 5.11 Å². The number of aliphatic hydroxyl groups is 1. The summed E-state index contributed by atoms with van der Waals surface area (Å²) in [7, 11) is 0. The van der Waals surface area contributed by atoms with Crippen LogP contribution in [0.15, 0.2) is 54.7 Å². The number of aliphatic hydroxyl groups excluding tert-OH is 1. The molecule has 2 aliphatic rings. The Morgan fingerprint density at radius 2 is 1.79 bits per heavy atom. The van der Waals surface area contributed by atoms with E-state index >= 15 is 0 Å². The summed E-state index contributed by atoms with van der Waals surface area (Å²) in [6.07, 6.45) is 8.90. The highest BCUT2D eigenvalue weighted by molar-refractivity contribution is 7.18. The predicted molar refractivity (Wildman–Crippen MR) is 158 cm³/mol. The summed E-state index contributed by atoms with van der Waals surface area (Å²) < 4.78 is 7.22. The molecule has 2 N–H and O–H groups in total. The molecule has 4 aromatic rings. The molecule has 0 spiro atoms. The molecule has 0 unspecified atom stereocenters. The number of piperazine rings is 1. The first kappa shape index (κ1) is 26.4. The largest absolute Gasteiger partial charge is 0.491 e. The van der Waals surface area contributed by atoms with E-state index in [1.54, 1.807) is 0 Å².